The van der Waals surface area contributed by atoms with Crippen molar-refractivity contribution in [1.82, 2.24) is 5.43 Å². The number of nitrogens with one attached hydrogen (secondary N) is 1. The van der Waals surface area contributed by atoms with Gasteiger partial charge in [-0.25, -0.2) is 0 Å². The molecule has 13 heavy (non-hydrogen) atoms. The summed E-state index contributed by atoms with van der Waals surface area (Å²) in [5.74, 6) is 8.85. The van der Waals surface area contributed by atoms with Gasteiger partial charge >= 0.3 is 0 Å². The van der Waals surface area contributed by atoms with Gasteiger partial charge in [-0.05, 0) is 36.7 Å². The largest absolute Gasteiger partial charge is 0.271 e. The fourth-order valence-electron chi connectivity index (χ4n) is 1.69. The Morgan fingerprint density at radius 3 is 3.00 bits per heavy atom. The molecule has 0 spiro atoms. The Kier molecular flexibility index (Phi) is 4.84. The van der Waals surface area contributed by atoms with Crippen molar-refractivity contribution in [3.8, 4) is 0 Å². The Morgan fingerprint density at radius 1 is 1.77 bits per heavy atom. The number of rotatable bonds is 5. The average Bonchev–Trinajstić information content (AvgIpc) is 2.66. The van der Waals surface area contributed by atoms with E-state index in [0.29, 0.717) is 6.04 Å². The van der Waals surface area contributed by atoms with Crippen molar-refractivity contribution in [1.29, 1.82) is 0 Å². The van der Waals surface area contributed by atoms with E-state index in [2.05, 4.69) is 18.9 Å². The Bertz CT molecular complexity index is 164. The molecule has 0 aromatic heterocycles. The van der Waals surface area contributed by atoms with Gasteiger partial charge < -0.3 is 0 Å². The minimum atomic E-state index is 0.447. The lowest BCUT2D eigenvalue weighted by Crippen LogP contribution is -2.41. The standard InChI is InChI=1S/C10H20N2S/c1-3-8(2)6-10(12-11)9-4-5-13-7-9/h9-10,12H,2-7,11H2,1H3. The molecule has 1 saturated heterocycles. The van der Waals surface area contributed by atoms with E-state index < -0.39 is 0 Å². The van der Waals surface area contributed by atoms with Crippen LogP contribution in [0.3, 0.4) is 0 Å². The van der Waals surface area contributed by atoms with E-state index in [4.69, 9.17) is 5.84 Å². The third-order valence-electron chi connectivity index (χ3n) is 2.76. The molecule has 1 rings (SSSR count). The summed E-state index contributed by atoms with van der Waals surface area (Å²) in [4.78, 5) is 0. The molecule has 2 unspecified atom stereocenters. The maximum Gasteiger partial charge on any atom is 0.0283 e. The minimum Gasteiger partial charge on any atom is -0.271 e. The predicted octanol–water partition coefficient (Wildman–Crippen LogP) is 1.93. The smallest absolute Gasteiger partial charge is 0.0283 e. The Labute approximate surface area is 85.3 Å². The summed E-state index contributed by atoms with van der Waals surface area (Å²) in [6.07, 6.45) is 3.41. The lowest BCUT2D eigenvalue weighted by atomic mass is 9.93. The zero-order valence-electron chi connectivity index (χ0n) is 8.38. The molecule has 76 valence electrons. The van der Waals surface area contributed by atoms with Crippen LogP contribution in [0, 0.1) is 5.92 Å². The Morgan fingerprint density at radius 2 is 2.54 bits per heavy atom. The molecule has 0 aliphatic carbocycles. The molecule has 3 N–H and O–H groups in total. The maximum atomic E-state index is 5.56. The van der Waals surface area contributed by atoms with Crippen LogP contribution >= 0.6 is 11.8 Å². The van der Waals surface area contributed by atoms with Crippen LogP contribution in [0.1, 0.15) is 26.2 Å². The van der Waals surface area contributed by atoms with Crippen LogP contribution in [0.15, 0.2) is 12.2 Å². The molecule has 0 bridgehead atoms. The number of hydrogen-bond donors (Lipinski definition) is 2. The Balaban J connectivity index is 2.37. The third-order valence-corrected chi connectivity index (χ3v) is 3.94. The van der Waals surface area contributed by atoms with Crippen molar-refractivity contribution in [2.75, 3.05) is 11.5 Å². The predicted molar refractivity (Wildman–Crippen MR) is 60.6 cm³/mol. The second-order valence-electron chi connectivity index (χ2n) is 3.70. The van der Waals surface area contributed by atoms with Gasteiger partial charge in [-0.1, -0.05) is 19.1 Å². The number of hydrazine groups is 1. The van der Waals surface area contributed by atoms with E-state index >= 15 is 0 Å². The quantitative estimate of drug-likeness (QED) is 0.404. The lowest BCUT2D eigenvalue weighted by Gasteiger charge is -2.22. The fraction of sp³-hybridized carbons (Fsp3) is 0.800. The van der Waals surface area contributed by atoms with Gasteiger partial charge in [0.15, 0.2) is 0 Å². The molecule has 2 atom stereocenters. The molecule has 0 aromatic carbocycles. The van der Waals surface area contributed by atoms with Crippen molar-refractivity contribution >= 4 is 11.8 Å². The first-order valence-electron chi connectivity index (χ1n) is 4.98. The van der Waals surface area contributed by atoms with Gasteiger partial charge in [0, 0.05) is 6.04 Å². The summed E-state index contributed by atoms with van der Waals surface area (Å²) in [6, 6.07) is 0.447. The summed E-state index contributed by atoms with van der Waals surface area (Å²) < 4.78 is 0. The summed E-state index contributed by atoms with van der Waals surface area (Å²) in [7, 11) is 0. The number of thioether (sulfide) groups is 1. The molecule has 1 aliphatic heterocycles. The normalized spacial score (nSPS) is 24.6. The molecule has 1 heterocycles. The van der Waals surface area contributed by atoms with Gasteiger partial charge in [-0.15, -0.1) is 0 Å². The second kappa shape index (κ2) is 5.68. The van der Waals surface area contributed by atoms with E-state index in [1.807, 2.05) is 11.8 Å². The minimum absolute atomic E-state index is 0.447. The Hall–Kier alpha value is 0.0100. The third kappa shape index (κ3) is 3.33. The second-order valence-corrected chi connectivity index (χ2v) is 4.85. The van der Waals surface area contributed by atoms with Crippen molar-refractivity contribution in [3.63, 3.8) is 0 Å². The first-order valence-corrected chi connectivity index (χ1v) is 6.14. The van der Waals surface area contributed by atoms with Crippen molar-refractivity contribution in [2.45, 2.75) is 32.2 Å². The van der Waals surface area contributed by atoms with E-state index in [1.165, 1.54) is 23.5 Å². The van der Waals surface area contributed by atoms with Crippen LogP contribution in [0.5, 0.6) is 0 Å². The van der Waals surface area contributed by atoms with E-state index in [1.54, 1.807) is 0 Å². The highest BCUT2D eigenvalue weighted by atomic mass is 32.2. The molecule has 1 aliphatic rings. The van der Waals surface area contributed by atoms with Crippen LogP contribution in [-0.2, 0) is 0 Å². The molecule has 2 nitrogen and oxygen atoms in total. The van der Waals surface area contributed by atoms with Crippen LogP contribution in [0.2, 0.25) is 0 Å². The lowest BCUT2D eigenvalue weighted by molar-refractivity contribution is 0.383. The van der Waals surface area contributed by atoms with Crippen molar-refractivity contribution in [3.05, 3.63) is 12.2 Å². The van der Waals surface area contributed by atoms with Gasteiger partial charge in [0.05, 0.1) is 0 Å². The molecule has 0 radical (unpaired) electrons. The number of hydrogen-bond acceptors (Lipinski definition) is 3. The molecule has 0 amide bonds. The van der Waals surface area contributed by atoms with Crippen molar-refractivity contribution in [2.24, 2.45) is 11.8 Å². The van der Waals surface area contributed by atoms with E-state index in [-0.39, 0.29) is 0 Å². The zero-order chi connectivity index (χ0) is 9.68. The van der Waals surface area contributed by atoms with Crippen LogP contribution < -0.4 is 11.3 Å². The van der Waals surface area contributed by atoms with E-state index in [0.717, 1.165) is 18.8 Å². The fourth-order valence-corrected chi connectivity index (χ4v) is 3.02. The van der Waals surface area contributed by atoms with Crippen LogP contribution in [0.4, 0.5) is 0 Å². The molecule has 0 aromatic rings. The van der Waals surface area contributed by atoms with Gasteiger partial charge in [0.2, 0.25) is 0 Å². The number of nitrogens with two attached hydrogens (primary N) is 1. The first kappa shape index (κ1) is 11.1. The summed E-state index contributed by atoms with van der Waals surface area (Å²) in [6.45, 7) is 6.18. The van der Waals surface area contributed by atoms with Crippen LogP contribution in [-0.4, -0.2) is 17.5 Å². The highest BCUT2D eigenvalue weighted by Gasteiger charge is 2.24. The highest BCUT2D eigenvalue weighted by Crippen LogP contribution is 2.28. The zero-order valence-corrected chi connectivity index (χ0v) is 9.20. The summed E-state index contributed by atoms with van der Waals surface area (Å²) >= 11 is 2.04. The topological polar surface area (TPSA) is 38.0 Å². The highest BCUT2D eigenvalue weighted by molar-refractivity contribution is 7.99. The summed E-state index contributed by atoms with van der Waals surface area (Å²) in [5.41, 5.74) is 4.24. The SMILES string of the molecule is C=C(CC)CC(NN)C1CCSC1. The molecular formula is C10H20N2S. The van der Waals surface area contributed by atoms with E-state index in [9.17, 15) is 0 Å². The van der Waals surface area contributed by atoms with Gasteiger partial charge in [-0.2, -0.15) is 11.8 Å². The molecule has 3 heteroatoms. The first-order chi connectivity index (χ1) is 6.27. The summed E-state index contributed by atoms with van der Waals surface area (Å²) in [5, 5.41) is 0. The van der Waals surface area contributed by atoms with Gasteiger partial charge in [0.25, 0.3) is 0 Å². The van der Waals surface area contributed by atoms with Gasteiger partial charge in [0.1, 0.15) is 0 Å². The maximum absolute atomic E-state index is 5.56. The average molecular weight is 200 g/mol. The molecular weight excluding hydrogens is 180 g/mol. The van der Waals surface area contributed by atoms with Gasteiger partial charge in [-0.3, -0.25) is 11.3 Å². The molecule has 0 saturated carbocycles. The van der Waals surface area contributed by atoms with Crippen molar-refractivity contribution < 1.29 is 0 Å². The van der Waals surface area contributed by atoms with Crippen LogP contribution in [0.25, 0.3) is 0 Å². The molecule has 1 fully saturated rings. The monoisotopic (exact) mass is 200 g/mol.